The minimum atomic E-state index is 0.657. The molecule has 96 valence electrons. The smallest absolute Gasteiger partial charge is 0.0194 e. The Kier molecular flexibility index (Phi) is 6.32. The molecule has 0 radical (unpaired) electrons. The van der Waals surface area contributed by atoms with Gasteiger partial charge in [0.15, 0.2) is 0 Å². The summed E-state index contributed by atoms with van der Waals surface area (Å²) in [5, 5.41) is 3.31. The van der Waals surface area contributed by atoms with Crippen molar-refractivity contribution in [2.75, 3.05) is 40.3 Å². The fourth-order valence-corrected chi connectivity index (χ4v) is 2.50. The molecule has 3 heteroatoms. The van der Waals surface area contributed by atoms with E-state index in [4.69, 9.17) is 0 Å². The zero-order valence-corrected chi connectivity index (χ0v) is 11.5. The highest BCUT2D eigenvalue weighted by Crippen LogP contribution is 2.10. The average Bonchev–Trinajstić information content (AvgIpc) is 2.40. The highest BCUT2D eigenvalue weighted by molar-refractivity contribution is 4.75. The van der Waals surface area contributed by atoms with E-state index in [9.17, 15) is 0 Å². The van der Waals surface area contributed by atoms with Gasteiger partial charge in [0.1, 0.15) is 0 Å². The van der Waals surface area contributed by atoms with Gasteiger partial charge in [-0.05, 0) is 66.8 Å². The van der Waals surface area contributed by atoms with E-state index < -0.39 is 0 Å². The maximum Gasteiger partial charge on any atom is 0.0194 e. The molecule has 0 bridgehead atoms. The first-order valence-electron chi connectivity index (χ1n) is 6.73. The first-order chi connectivity index (χ1) is 7.63. The molecule has 1 heterocycles. The number of nitrogens with one attached hydrogen (secondary N) is 1. The Morgan fingerprint density at radius 1 is 1.38 bits per heavy atom. The summed E-state index contributed by atoms with van der Waals surface area (Å²) in [7, 11) is 4.29. The predicted octanol–water partition coefficient (Wildman–Crippen LogP) is 1.40. The van der Waals surface area contributed by atoms with Gasteiger partial charge in [0.25, 0.3) is 0 Å². The molecule has 1 fully saturated rings. The van der Waals surface area contributed by atoms with Crippen LogP contribution < -0.4 is 5.32 Å². The zero-order valence-electron chi connectivity index (χ0n) is 11.5. The fraction of sp³-hybridized carbons (Fsp3) is 1.00. The normalized spacial score (nSPS) is 26.6. The lowest BCUT2D eigenvalue weighted by Gasteiger charge is -2.28. The second-order valence-corrected chi connectivity index (χ2v) is 5.33. The van der Waals surface area contributed by atoms with Crippen LogP contribution in [-0.2, 0) is 0 Å². The molecule has 1 aliphatic rings. The van der Waals surface area contributed by atoms with Gasteiger partial charge >= 0.3 is 0 Å². The summed E-state index contributed by atoms with van der Waals surface area (Å²) in [6.45, 7) is 9.65. The van der Waals surface area contributed by atoms with Crippen molar-refractivity contribution in [1.29, 1.82) is 0 Å². The Morgan fingerprint density at radius 2 is 2.12 bits per heavy atom. The largest absolute Gasteiger partial charge is 0.317 e. The monoisotopic (exact) mass is 227 g/mol. The minimum Gasteiger partial charge on any atom is -0.317 e. The van der Waals surface area contributed by atoms with Crippen molar-refractivity contribution >= 4 is 0 Å². The molecule has 0 aromatic carbocycles. The lowest BCUT2D eigenvalue weighted by molar-refractivity contribution is 0.197. The summed E-state index contributed by atoms with van der Waals surface area (Å²) in [4.78, 5) is 5.12. The van der Waals surface area contributed by atoms with Crippen molar-refractivity contribution in [1.82, 2.24) is 15.1 Å². The third kappa shape index (κ3) is 4.81. The highest BCUT2D eigenvalue weighted by Gasteiger charge is 2.18. The maximum atomic E-state index is 3.31. The van der Waals surface area contributed by atoms with Gasteiger partial charge in [-0.2, -0.15) is 0 Å². The Bertz CT molecular complexity index is 184. The molecule has 0 spiro atoms. The van der Waals surface area contributed by atoms with Gasteiger partial charge in [-0.1, -0.05) is 0 Å². The number of rotatable bonds is 5. The van der Waals surface area contributed by atoms with Crippen molar-refractivity contribution in [2.45, 2.75) is 45.2 Å². The molecule has 1 rings (SSSR count). The molecular weight excluding hydrogens is 198 g/mol. The van der Waals surface area contributed by atoms with Gasteiger partial charge < -0.3 is 10.2 Å². The maximum absolute atomic E-state index is 3.31. The van der Waals surface area contributed by atoms with Crippen LogP contribution in [0, 0.1) is 0 Å². The fourth-order valence-electron chi connectivity index (χ4n) is 2.50. The summed E-state index contributed by atoms with van der Waals surface area (Å²) >= 11 is 0. The number of hydrogen-bond acceptors (Lipinski definition) is 3. The zero-order chi connectivity index (χ0) is 12.0. The number of nitrogens with zero attached hydrogens (tertiary/aromatic N) is 2. The van der Waals surface area contributed by atoms with E-state index in [2.05, 4.69) is 36.0 Å². The first kappa shape index (κ1) is 13.9. The quantitative estimate of drug-likeness (QED) is 0.766. The Hall–Kier alpha value is -0.120. The Labute approximate surface area is 101 Å². The van der Waals surface area contributed by atoms with E-state index in [-0.39, 0.29) is 0 Å². The molecule has 0 aliphatic carbocycles. The van der Waals surface area contributed by atoms with Crippen LogP contribution in [0.15, 0.2) is 0 Å². The molecule has 0 amide bonds. The van der Waals surface area contributed by atoms with Crippen molar-refractivity contribution in [3.8, 4) is 0 Å². The van der Waals surface area contributed by atoms with E-state index in [0.29, 0.717) is 6.04 Å². The molecule has 0 aromatic heterocycles. The highest BCUT2D eigenvalue weighted by atomic mass is 15.2. The van der Waals surface area contributed by atoms with Gasteiger partial charge in [0, 0.05) is 18.6 Å². The van der Waals surface area contributed by atoms with Gasteiger partial charge in [-0.3, -0.25) is 4.90 Å². The van der Waals surface area contributed by atoms with Crippen molar-refractivity contribution in [3.63, 3.8) is 0 Å². The van der Waals surface area contributed by atoms with E-state index in [1.165, 1.54) is 45.4 Å². The summed E-state index contributed by atoms with van der Waals surface area (Å²) in [5.74, 6) is 0. The standard InChI is InChI=1S/C13H29N3/c1-12(14-3)7-5-9-16-10-6-8-15(4)11-13(16)2/h12-14H,5-11H2,1-4H3. The molecule has 1 N–H and O–H groups in total. The molecule has 0 saturated carbocycles. The van der Waals surface area contributed by atoms with Crippen LogP contribution in [-0.4, -0.2) is 62.2 Å². The molecule has 16 heavy (non-hydrogen) atoms. The molecule has 3 nitrogen and oxygen atoms in total. The molecule has 2 unspecified atom stereocenters. The SMILES string of the molecule is CNC(C)CCCN1CCCN(C)CC1C. The lowest BCUT2D eigenvalue weighted by Crippen LogP contribution is -2.38. The first-order valence-corrected chi connectivity index (χ1v) is 6.73. The summed E-state index contributed by atoms with van der Waals surface area (Å²) in [5.41, 5.74) is 0. The third-order valence-corrected chi connectivity index (χ3v) is 3.76. The van der Waals surface area contributed by atoms with Crippen molar-refractivity contribution in [2.24, 2.45) is 0 Å². The second-order valence-electron chi connectivity index (χ2n) is 5.33. The second kappa shape index (κ2) is 7.25. The van der Waals surface area contributed by atoms with Crippen LogP contribution in [0.25, 0.3) is 0 Å². The number of likely N-dealkylation sites (N-methyl/N-ethyl adjacent to an activating group) is 1. The van der Waals surface area contributed by atoms with Crippen LogP contribution in [0.1, 0.15) is 33.1 Å². The molecule has 0 aromatic rings. The van der Waals surface area contributed by atoms with Gasteiger partial charge in [-0.15, -0.1) is 0 Å². The van der Waals surface area contributed by atoms with E-state index in [1.54, 1.807) is 0 Å². The van der Waals surface area contributed by atoms with Crippen molar-refractivity contribution in [3.05, 3.63) is 0 Å². The summed E-state index contributed by atoms with van der Waals surface area (Å²) in [6.07, 6.45) is 3.92. The topological polar surface area (TPSA) is 18.5 Å². The molecule has 1 aliphatic heterocycles. The molecule has 2 atom stereocenters. The summed E-state index contributed by atoms with van der Waals surface area (Å²) in [6, 6.07) is 1.38. The van der Waals surface area contributed by atoms with Crippen molar-refractivity contribution < 1.29 is 0 Å². The van der Waals surface area contributed by atoms with E-state index in [1.807, 2.05) is 7.05 Å². The summed E-state index contributed by atoms with van der Waals surface area (Å²) < 4.78 is 0. The van der Waals surface area contributed by atoms with E-state index >= 15 is 0 Å². The van der Waals surface area contributed by atoms with Gasteiger partial charge in [-0.25, -0.2) is 0 Å². The van der Waals surface area contributed by atoms with Crippen LogP contribution in [0.3, 0.4) is 0 Å². The van der Waals surface area contributed by atoms with E-state index in [0.717, 1.165) is 6.04 Å². The minimum absolute atomic E-state index is 0.657. The van der Waals surface area contributed by atoms with Crippen LogP contribution in [0.5, 0.6) is 0 Å². The molecule has 1 saturated heterocycles. The van der Waals surface area contributed by atoms with Crippen LogP contribution >= 0.6 is 0 Å². The predicted molar refractivity (Wildman–Crippen MR) is 70.9 cm³/mol. The lowest BCUT2D eigenvalue weighted by atomic mass is 10.1. The van der Waals surface area contributed by atoms with Gasteiger partial charge in [0.05, 0.1) is 0 Å². The average molecular weight is 227 g/mol. The molecular formula is C13H29N3. The Balaban J connectivity index is 2.24. The third-order valence-electron chi connectivity index (χ3n) is 3.76. The Morgan fingerprint density at radius 3 is 2.81 bits per heavy atom. The number of hydrogen-bond donors (Lipinski definition) is 1. The van der Waals surface area contributed by atoms with Crippen LogP contribution in [0.2, 0.25) is 0 Å². The van der Waals surface area contributed by atoms with Crippen LogP contribution in [0.4, 0.5) is 0 Å². The van der Waals surface area contributed by atoms with Gasteiger partial charge in [0.2, 0.25) is 0 Å².